The van der Waals surface area contributed by atoms with Crippen LogP contribution in [0.5, 0.6) is 5.75 Å². The predicted octanol–water partition coefficient (Wildman–Crippen LogP) is 2.45. The van der Waals surface area contributed by atoms with Gasteiger partial charge in [0.25, 0.3) is 0 Å². The van der Waals surface area contributed by atoms with Gasteiger partial charge >= 0.3 is 11.8 Å². The van der Waals surface area contributed by atoms with Gasteiger partial charge in [-0.1, -0.05) is 24.3 Å². The van der Waals surface area contributed by atoms with Crippen molar-refractivity contribution in [3.63, 3.8) is 0 Å². The quantitative estimate of drug-likeness (QED) is 0.791. The highest BCUT2D eigenvalue weighted by Crippen LogP contribution is 2.21. The molecule has 0 unspecified atom stereocenters. The van der Waals surface area contributed by atoms with Gasteiger partial charge in [-0.25, -0.2) is 0 Å². The number of anilines is 1. The van der Waals surface area contributed by atoms with E-state index in [0.29, 0.717) is 11.4 Å². The van der Waals surface area contributed by atoms with E-state index in [-0.39, 0.29) is 12.6 Å². The van der Waals surface area contributed by atoms with Gasteiger partial charge < -0.3 is 20.1 Å². The van der Waals surface area contributed by atoms with Crippen molar-refractivity contribution in [3.8, 4) is 5.75 Å². The first-order valence-corrected chi connectivity index (χ1v) is 7.86. The molecule has 2 amide bonds. The summed E-state index contributed by atoms with van der Waals surface area (Å²) in [6.45, 7) is 2.08. The van der Waals surface area contributed by atoms with Gasteiger partial charge in [-0.15, -0.1) is 0 Å². The number of hydrogen-bond acceptors (Lipinski definition) is 4. The Morgan fingerprint density at radius 1 is 1.04 bits per heavy atom. The Morgan fingerprint density at radius 3 is 2.48 bits per heavy atom. The lowest BCUT2D eigenvalue weighted by Gasteiger charge is -2.17. The van der Waals surface area contributed by atoms with Crippen LogP contribution in [-0.4, -0.2) is 32.6 Å². The molecule has 2 aromatic rings. The van der Waals surface area contributed by atoms with Crippen molar-refractivity contribution >= 4 is 17.5 Å². The minimum atomic E-state index is -0.717. The molecule has 0 aliphatic rings. The Hall–Kier alpha value is -2.86. The maximum Gasteiger partial charge on any atom is 0.313 e. The van der Waals surface area contributed by atoms with Gasteiger partial charge in [-0.05, 0) is 42.3 Å². The number of ether oxygens (including phenoxy) is 2. The molecule has 25 heavy (non-hydrogen) atoms. The van der Waals surface area contributed by atoms with E-state index < -0.39 is 11.8 Å². The maximum atomic E-state index is 12.0. The van der Waals surface area contributed by atoms with Gasteiger partial charge in [-0.2, -0.15) is 0 Å². The Balaban J connectivity index is 1.93. The summed E-state index contributed by atoms with van der Waals surface area (Å²) >= 11 is 0. The number of amides is 2. The molecule has 0 saturated carbocycles. The zero-order valence-corrected chi connectivity index (χ0v) is 14.5. The van der Waals surface area contributed by atoms with Crippen LogP contribution in [0.3, 0.4) is 0 Å². The lowest BCUT2D eigenvalue weighted by atomic mass is 10.1. The molecule has 0 aliphatic heterocycles. The highest BCUT2D eigenvalue weighted by molar-refractivity contribution is 6.39. The number of carbonyl (C=O) groups is 2. The van der Waals surface area contributed by atoms with Crippen molar-refractivity contribution in [2.45, 2.75) is 13.0 Å². The van der Waals surface area contributed by atoms with Gasteiger partial charge in [0.1, 0.15) is 5.75 Å². The molecule has 2 N–H and O–H groups in total. The predicted molar refractivity (Wildman–Crippen MR) is 95.6 cm³/mol. The van der Waals surface area contributed by atoms with E-state index in [9.17, 15) is 9.59 Å². The lowest BCUT2D eigenvalue weighted by Crippen LogP contribution is -2.38. The summed E-state index contributed by atoms with van der Waals surface area (Å²) in [6, 6.07) is 14.6. The fourth-order valence-electron chi connectivity index (χ4n) is 2.36. The van der Waals surface area contributed by atoms with Gasteiger partial charge in [0.15, 0.2) is 0 Å². The van der Waals surface area contributed by atoms with Crippen LogP contribution in [0.4, 0.5) is 5.69 Å². The number of nitrogens with one attached hydrogen (secondary N) is 2. The average Bonchev–Trinajstić information content (AvgIpc) is 2.62. The molecular weight excluding hydrogens is 320 g/mol. The molecule has 0 fully saturated rings. The van der Waals surface area contributed by atoms with Crippen LogP contribution in [-0.2, 0) is 14.3 Å². The smallest absolute Gasteiger partial charge is 0.313 e. The summed E-state index contributed by atoms with van der Waals surface area (Å²) < 4.78 is 10.6. The number of carbonyl (C=O) groups excluding carboxylic acids is 2. The Bertz CT molecular complexity index is 746. The summed E-state index contributed by atoms with van der Waals surface area (Å²) in [6.07, 6.45) is -0.384. The first-order valence-electron chi connectivity index (χ1n) is 7.86. The first-order chi connectivity index (χ1) is 12.0. The van der Waals surface area contributed by atoms with Gasteiger partial charge in [0, 0.05) is 19.3 Å². The standard InChI is InChI=1S/C19H22N2O4/c1-13-6-4-8-15(10-13)21-19(23)18(22)20-12-17(25-3)14-7-5-9-16(11-14)24-2/h4-11,17H,12H2,1-3H3,(H,20,22)(H,21,23)/t17-/m0/s1. The molecule has 132 valence electrons. The second kappa shape index (κ2) is 8.84. The third-order valence-corrected chi connectivity index (χ3v) is 3.68. The molecule has 0 aliphatic carbocycles. The second-order valence-corrected chi connectivity index (χ2v) is 5.53. The number of hydrogen-bond donors (Lipinski definition) is 2. The Kier molecular flexibility index (Phi) is 6.54. The molecule has 0 aromatic heterocycles. The third-order valence-electron chi connectivity index (χ3n) is 3.68. The van der Waals surface area contributed by atoms with Crippen LogP contribution >= 0.6 is 0 Å². The summed E-state index contributed by atoms with van der Waals surface area (Å²) in [7, 11) is 3.13. The molecule has 2 aromatic carbocycles. The molecule has 2 rings (SSSR count). The molecule has 0 bridgehead atoms. The number of benzene rings is 2. The van der Waals surface area contributed by atoms with Gasteiger partial charge in [0.2, 0.25) is 0 Å². The lowest BCUT2D eigenvalue weighted by molar-refractivity contribution is -0.136. The van der Waals surface area contributed by atoms with Crippen LogP contribution in [0, 0.1) is 6.92 Å². The molecular formula is C19H22N2O4. The summed E-state index contributed by atoms with van der Waals surface area (Å²) in [5.41, 5.74) is 2.42. The van der Waals surface area contributed by atoms with Gasteiger partial charge in [0.05, 0.1) is 13.2 Å². The van der Waals surface area contributed by atoms with Crippen molar-refractivity contribution in [2.24, 2.45) is 0 Å². The average molecular weight is 342 g/mol. The summed E-state index contributed by atoms with van der Waals surface area (Å²) in [4.78, 5) is 24.0. The van der Waals surface area contributed by atoms with Crippen molar-refractivity contribution < 1.29 is 19.1 Å². The van der Waals surface area contributed by atoms with Crippen molar-refractivity contribution in [3.05, 3.63) is 59.7 Å². The van der Waals surface area contributed by atoms with Crippen LogP contribution < -0.4 is 15.4 Å². The largest absolute Gasteiger partial charge is 0.497 e. The Morgan fingerprint density at radius 2 is 1.80 bits per heavy atom. The van der Waals surface area contributed by atoms with E-state index in [1.54, 1.807) is 26.4 Å². The second-order valence-electron chi connectivity index (χ2n) is 5.53. The zero-order valence-electron chi connectivity index (χ0n) is 14.5. The zero-order chi connectivity index (χ0) is 18.2. The monoisotopic (exact) mass is 342 g/mol. The summed E-state index contributed by atoms with van der Waals surface area (Å²) in [5.74, 6) is -0.736. The fourth-order valence-corrected chi connectivity index (χ4v) is 2.36. The Labute approximate surface area is 147 Å². The van der Waals surface area contributed by atoms with Crippen LogP contribution in [0.15, 0.2) is 48.5 Å². The van der Waals surface area contributed by atoms with Crippen molar-refractivity contribution in [2.75, 3.05) is 26.1 Å². The molecule has 0 saturated heterocycles. The number of rotatable bonds is 6. The summed E-state index contributed by atoms with van der Waals surface area (Å²) in [5, 5.41) is 5.16. The van der Waals surface area contributed by atoms with E-state index in [1.807, 2.05) is 43.3 Å². The molecule has 0 radical (unpaired) electrons. The van der Waals surface area contributed by atoms with E-state index in [2.05, 4.69) is 10.6 Å². The van der Waals surface area contributed by atoms with E-state index in [0.717, 1.165) is 11.1 Å². The van der Waals surface area contributed by atoms with Crippen molar-refractivity contribution in [1.82, 2.24) is 5.32 Å². The molecule has 6 heteroatoms. The SMILES string of the molecule is COc1cccc([C@H](CNC(=O)C(=O)Nc2cccc(C)c2)OC)c1. The molecule has 1 atom stereocenters. The number of methoxy groups -OCH3 is 2. The minimum absolute atomic E-state index is 0.170. The van der Waals surface area contributed by atoms with Crippen LogP contribution in [0.2, 0.25) is 0 Å². The van der Waals surface area contributed by atoms with E-state index in [4.69, 9.17) is 9.47 Å². The minimum Gasteiger partial charge on any atom is -0.497 e. The number of aryl methyl sites for hydroxylation is 1. The fraction of sp³-hybridized carbons (Fsp3) is 0.263. The molecule has 0 heterocycles. The highest BCUT2D eigenvalue weighted by atomic mass is 16.5. The highest BCUT2D eigenvalue weighted by Gasteiger charge is 2.17. The topological polar surface area (TPSA) is 76.7 Å². The first kappa shape index (κ1) is 18.5. The maximum absolute atomic E-state index is 12.0. The van der Waals surface area contributed by atoms with E-state index >= 15 is 0 Å². The third kappa shape index (κ3) is 5.32. The van der Waals surface area contributed by atoms with Gasteiger partial charge in [-0.3, -0.25) is 9.59 Å². The normalized spacial score (nSPS) is 11.5. The molecule has 0 spiro atoms. The van der Waals surface area contributed by atoms with Crippen molar-refractivity contribution in [1.29, 1.82) is 0 Å². The van der Waals surface area contributed by atoms with E-state index in [1.165, 1.54) is 0 Å². The van der Waals surface area contributed by atoms with Crippen LogP contribution in [0.1, 0.15) is 17.2 Å². The molecule has 6 nitrogen and oxygen atoms in total. The van der Waals surface area contributed by atoms with Crippen LogP contribution in [0.25, 0.3) is 0 Å².